The molecular formula is C23H37N5O3. The van der Waals surface area contributed by atoms with Gasteiger partial charge in [0, 0.05) is 33.2 Å². The van der Waals surface area contributed by atoms with E-state index in [2.05, 4.69) is 45.2 Å². The van der Waals surface area contributed by atoms with E-state index in [4.69, 9.17) is 4.74 Å². The van der Waals surface area contributed by atoms with E-state index in [1.165, 1.54) is 5.56 Å². The second kappa shape index (κ2) is 12.2. The Balaban J connectivity index is 1.62. The highest BCUT2D eigenvalue weighted by Gasteiger charge is 2.23. The molecule has 0 unspecified atom stereocenters. The first-order chi connectivity index (χ1) is 14.8. The molecular weight excluding hydrogens is 394 g/mol. The number of carbonyl (C=O) groups excluding carboxylic acids is 2. The fraction of sp³-hybridized carbons (Fsp3) is 0.609. The van der Waals surface area contributed by atoms with Crippen LogP contribution < -0.4 is 16.0 Å². The number of benzene rings is 1. The summed E-state index contributed by atoms with van der Waals surface area (Å²) >= 11 is 0. The van der Waals surface area contributed by atoms with E-state index in [1.54, 1.807) is 7.05 Å². The van der Waals surface area contributed by atoms with Crippen molar-refractivity contribution in [2.75, 3.05) is 39.8 Å². The van der Waals surface area contributed by atoms with Gasteiger partial charge in [0.25, 0.3) is 0 Å². The van der Waals surface area contributed by atoms with Crippen LogP contribution in [0.2, 0.25) is 0 Å². The first kappa shape index (κ1) is 24.5. The van der Waals surface area contributed by atoms with Crippen molar-refractivity contribution < 1.29 is 14.3 Å². The smallest absolute Gasteiger partial charge is 0.407 e. The summed E-state index contributed by atoms with van der Waals surface area (Å²) in [6.45, 7) is 8.10. The van der Waals surface area contributed by atoms with Crippen molar-refractivity contribution in [2.24, 2.45) is 10.9 Å². The molecule has 0 atom stereocenters. The molecule has 0 spiro atoms. The summed E-state index contributed by atoms with van der Waals surface area (Å²) < 4.78 is 5.18. The number of guanidine groups is 1. The van der Waals surface area contributed by atoms with E-state index in [9.17, 15) is 9.59 Å². The van der Waals surface area contributed by atoms with Gasteiger partial charge in [0.1, 0.15) is 5.60 Å². The van der Waals surface area contributed by atoms with E-state index in [1.807, 2.05) is 31.7 Å². The summed E-state index contributed by atoms with van der Waals surface area (Å²) in [5.74, 6) is 1.23. The predicted molar refractivity (Wildman–Crippen MR) is 123 cm³/mol. The van der Waals surface area contributed by atoms with E-state index >= 15 is 0 Å². The Morgan fingerprint density at radius 1 is 1.06 bits per heavy atom. The second-order valence-corrected chi connectivity index (χ2v) is 8.80. The first-order valence-electron chi connectivity index (χ1n) is 11.0. The lowest BCUT2D eigenvalue weighted by Crippen LogP contribution is -2.48. The molecule has 0 saturated carbocycles. The van der Waals surface area contributed by atoms with E-state index in [0.29, 0.717) is 25.0 Å². The molecule has 2 amide bonds. The summed E-state index contributed by atoms with van der Waals surface area (Å²) in [6, 6.07) is 10.5. The molecule has 1 saturated heterocycles. The summed E-state index contributed by atoms with van der Waals surface area (Å²) in [6.07, 6.45) is 2.69. The number of hydrogen-bond donors (Lipinski definition) is 3. The van der Waals surface area contributed by atoms with Gasteiger partial charge in [-0.1, -0.05) is 30.3 Å². The Hall–Kier alpha value is -2.77. The molecule has 8 heteroatoms. The summed E-state index contributed by atoms with van der Waals surface area (Å²) in [4.78, 5) is 30.2. The highest BCUT2D eigenvalue weighted by atomic mass is 16.6. The minimum atomic E-state index is -0.522. The largest absolute Gasteiger partial charge is 0.444 e. The molecule has 2 rings (SSSR count). The van der Waals surface area contributed by atoms with Crippen LogP contribution >= 0.6 is 0 Å². The molecule has 0 aliphatic carbocycles. The SMILES string of the molecule is CN=C(NCCNC(=O)OC(C)(C)C)NCC(=O)N1CCC(Cc2ccccc2)CC1. The highest BCUT2D eigenvalue weighted by molar-refractivity contribution is 5.86. The Bertz CT molecular complexity index is 722. The van der Waals surface area contributed by atoms with Crippen molar-refractivity contribution in [2.45, 2.75) is 45.6 Å². The van der Waals surface area contributed by atoms with Crippen LogP contribution in [0.3, 0.4) is 0 Å². The van der Waals surface area contributed by atoms with Gasteiger partial charge in [0.2, 0.25) is 5.91 Å². The average Bonchev–Trinajstić information content (AvgIpc) is 2.73. The van der Waals surface area contributed by atoms with E-state index in [0.717, 1.165) is 32.4 Å². The predicted octanol–water partition coefficient (Wildman–Crippen LogP) is 2.16. The Kier molecular flexibility index (Phi) is 9.62. The van der Waals surface area contributed by atoms with Crippen molar-refractivity contribution in [1.29, 1.82) is 0 Å². The Morgan fingerprint density at radius 2 is 1.71 bits per heavy atom. The third-order valence-electron chi connectivity index (χ3n) is 5.05. The molecule has 31 heavy (non-hydrogen) atoms. The summed E-state index contributed by atoms with van der Waals surface area (Å²) in [7, 11) is 1.65. The standard InChI is InChI=1S/C23H37N5O3/c1-23(2,3)31-22(30)26-13-12-25-21(24-4)27-17-20(29)28-14-10-19(11-15-28)16-18-8-6-5-7-9-18/h5-9,19H,10-17H2,1-4H3,(H,26,30)(H2,24,25,27). The zero-order valence-electron chi connectivity index (χ0n) is 19.2. The van der Waals surface area contributed by atoms with Gasteiger partial charge < -0.3 is 25.6 Å². The number of likely N-dealkylation sites (tertiary alicyclic amines) is 1. The van der Waals surface area contributed by atoms with Gasteiger partial charge in [-0.2, -0.15) is 0 Å². The van der Waals surface area contributed by atoms with E-state index in [-0.39, 0.29) is 12.5 Å². The lowest BCUT2D eigenvalue weighted by molar-refractivity contribution is -0.131. The number of rotatable bonds is 7. The average molecular weight is 432 g/mol. The Labute approximate surface area is 185 Å². The molecule has 1 aliphatic rings. The molecule has 1 aliphatic heterocycles. The fourth-order valence-electron chi connectivity index (χ4n) is 3.49. The molecule has 0 bridgehead atoms. The Morgan fingerprint density at radius 3 is 2.32 bits per heavy atom. The van der Waals surface area contributed by atoms with Crippen molar-refractivity contribution in [1.82, 2.24) is 20.9 Å². The third kappa shape index (κ3) is 9.72. The number of hydrogen-bond acceptors (Lipinski definition) is 4. The van der Waals surface area contributed by atoms with Crippen molar-refractivity contribution in [3.8, 4) is 0 Å². The van der Waals surface area contributed by atoms with E-state index < -0.39 is 11.7 Å². The summed E-state index contributed by atoms with van der Waals surface area (Å²) in [5, 5.41) is 8.80. The maximum Gasteiger partial charge on any atom is 0.407 e. The van der Waals surface area contributed by atoms with Gasteiger partial charge in [-0.3, -0.25) is 9.79 Å². The number of nitrogens with one attached hydrogen (secondary N) is 3. The van der Waals surface area contributed by atoms with Crippen LogP contribution in [0.15, 0.2) is 35.3 Å². The molecule has 1 heterocycles. The quantitative estimate of drug-likeness (QED) is 0.349. The maximum absolute atomic E-state index is 12.5. The zero-order valence-corrected chi connectivity index (χ0v) is 19.2. The number of alkyl carbamates (subject to hydrolysis) is 1. The van der Waals surface area contributed by atoms with Gasteiger partial charge in [0.15, 0.2) is 5.96 Å². The van der Waals surface area contributed by atoms with Crippen molar-refractivity contribution in [3.63, 3.8) is 0 Å². The maximum atomic E-state index is 12.5. The molecule has 172 valence electrons. The number of amides is 2. The molecule has 1 aromatic carbocycles. The first-order valence-corrected chi connectivity index (χ1v) is 11.0. The van der Waals surface area contributed by atoms with Crippen molar-refractivity contribution >= 4 is 18.0 Å². The molecule has 0 radical (unpaired) electrons. The van der Waals surface area contributed by atoms with Crippen LogP contribution in [0.1, 0.15) is 39.2 Å². The topological polar surface area (TPSA) is 95.1 Å². The lowest BCUT2D eigenvalue weighted by Gasteiger charge is -2.32. The van der Waals surface area contributed by atoms with Crippen LogP contribution in [0, 0.1) is 5.92 Å². The second-order valence-electron chi connectivity index (χ2n) is 8.80. The van der Waals surface area contributed by atoms with Gasteiger partial charge >= 0.3 is 6.09 Å². The normalized spacial score (nSPS) is 15.4. The van der Waals surface area contributed by atoms with Gasteiger partial charge in [0.05, 0.1) is 6.54 Å². The molecule has 1 fully saturated rings. The van der Waals surface area contributed by atoms with Gasteiger partial charge in [-0.25, -0.2) is 4.79 Å². The molecule has 1 aromatic rings. The molecule has 0 aromatic heterocycles. The zero-order chi connectivity index (χ0) is 22.7. The monoisotopic (exact) mass is 431 g/mol. The number of aliphatic imine (C=N–C) groups is 1. The van der Waals surface area contributed by atoms with Crippen LogP contribution in [0.4, 0.5) is 4.79 Å². The number of ether oxygens (including phenoxy) is 1. The molecule has 8 nitrogen and oxygen atoms in total. The van der Waals surface area contributed by atoms with Crippen LogP contribution in [-0.4, -0.2) is 68.2 Å². The fourth-order valence-corrected chi connectivity index (χ4v) is 3.49. The van der Waals surface area contributed by atoms with Crippen molar-refractivity contribution in [3.05, 3.63) is 35.9 Å². The third-order valence-corrected chi connectivity index (χ3v) is 5.05. The number of nitrogens with zero attached hydrogens (tertiary/aromatic N) is 2. The number of piperidine rings is 1. The number of carbonyl (C=O) groups is 2. The molecule has 3 N–H and O–H groups in total. The minimum absolute atomic E-state index is 0.0768. The van der Waals surface area contributed by atoms with Crippen LogP contribution in [0.25, 0.3) is 0 Å². The highest BCUT2D eigenvalue weighted by Crippen LogP contribution is 2.21. The summed E-state index contributed by atoms with van der Waals surface area (Å²) in [5.41, 5.74) is 0.843. The lowest BCUT2D eigenvalue weighted by atomic mass is 9.90. The van der Waals surface area contributed by atoms with Gasteiger partial charge in [-0.15, -0.1) is 0 Å². The minimum Gasteiger partial charge on any atom is -0.444 e. The van der Waals surface area contributed by atoms with Crippen LogP contribution in [0.5, 0.6) is 0 Å². The van der Waals surface area contributed by atoms with Gasteiger partial charge in [-0.05, 0) is 51.5 Å². The van der Waals surface area contributed by atoms with Crippen LogP contribution in [-0.2, 0) is 16.0 Å².